The largest absolute Gasteiger partial charge is 0.495 e. The topological polar surface area (TPSA) is 79.5 Å². The minimum atomic E-state index is -0.660. The average Bonchev–Trinajstić information content (AvgIpc) is 2.61. The van der Waals surface area contributed by atoms with Crippen molar-refractivity contribution in [2.45, 2.75) is 13.0 Å². The lowest BCUT2D eigenvalue weighted by Crippen LogP contribution is -2.46. The normalized spacial score (nSPS) is 16.6. The molecular formula is C19H18ClN3O3. The summed E-state index contributed by atoms with van der Waals surface area (Å²) >= 11 is 6.28. The van der Waals surface area contributed by atoms with Crippen LogP contribution in [0.15, 0.2) is 59.8 Å². The lowest BCUT2D eigenvalue weighted by molar-refractivity contribution is -0.113. The molecule has 0 unspecified atom stereocenters. The van der Waals surface area contributed by atoms with Crippen LogP contribution in [-0.4, -0.2) is 19.0 Å². The number of methoxy groups -OCH3 is 1. The maximum absolute atomic E-state index is 13.0. The molecule has 1 aliphatic heterocycles. The summed E-state index contributed by atoms with van der Waals surface area (Å²) < 4.78 is 5.27. The molecule has 0 spiro atoms. The van der Waals surface area contributed by atoms with Gasteiger partial charge in [-0.2, -0.15) is 0 Å². The number of para-hydroxylation sites is 2. The van der Waals surface area contributed by atoms with E-state index in [0.29, 0.717) is 33.3 Å². The monoisotopic (exact) mass is 371 g/mol. The highest BCUT2D eigenvalue weighted by molar-refractivity contribution is 6.31. The van der Waals surface area contributed by atoms with Crippen LogP contribution in [-0.2, 0) is 4.79 Å². The van der Waals surface area contributed by atoms with Gasteiger partial charge in [0, 0.05) is 10.7 Å². The zero-order valence-corrected chi connectivity index (χ0v) is 15.1. The number of rotatable bonds is 4. The molecule has 3 rings (SSSR count). The molecule has 1 heterocycles. The summed E-state index contributed by atoms with van der Waals surface area (Å²) in [6, 6.07) is 13.2. The highest BCUT2D eigenvalue weighted by Gasteiger charge is 2.32. The van der Waals surface area contributed by atoms with E-state index >= 15 is 0 Å². The Morgan fingerprint density at radius 3 is 2.58 bits per heavy atom. The SMILES string of the molecule is COc1ccccc1NC(=O)C1=C(C)NC(=O)N[C@H]1c1ccccc1Cl. The van der Waals surface area contributed by atoms with E-state index in [9.17, 15) is 9.59 Å². The van der Waals surface area contributed by atoms with Crippen molar-refractivity contribution in [2.75, 3.05) is 12.4 Å². The fourth-order valence-electron chi connectivity index (χ4n) is 2.87. The average molecular weight is 372 g/mol. The Morgan fingerprint density at radius 1 is 1.15 bits per heavy atom. The smallest absolute Gasteiger partial charge is 0.319 e. The Labute approximate surface area is 156 Å². The summed E-state index contributed by atoms with van der Waals surface area (Å²) in [5.74, 6) is 0.186. The first-order chi connectivity index (χ1) is 12.5. The van der Waals surface area contributed by atoms with Gasteiger partial charge in [0.2, 0.25) is 0 Å². The predicted molar refractivity (Wildman–Crippen MR) is 100 cm³/mol. The first kappa shape index (κ1) is 17.8. The molecule has 6 nitrogen and oxygen atoms in total. The lowest BCUT2D eigenvalue weighted by Gasteiger charge is -2.29. The van der Waals surface area contributed by atoms with Crippen LogP contribution in [0, 0.1) is 0 Å². The van der Waals surface area contributed by atoms with Gasteiger partial charge in [0.05, 0.1) is 24.4 Å². The second-order valence-corrected chi connectivity index (χ2v) is 6.15. The molecule has 26 heavy (non-hydrogen) atoms. The number of carbonyl (C=O) groups excluding carboxylic acids is 2. The highest BCUT2D eigenvalue weighted by Crippen LogP contribution is 2.33. The minimum absolute atomic E-state index is 0.357. The number of nitrogens with one attached hydrogen (secondary N) is 3. The molecular weight excluding hydrogens is 354 g/mol. The highest BCUT2D eigenvalue weighted by atomic mass is 35.5. The maximum atomic E-state index is 13.0. The van der Waals surface area contributed by atoms with Gasteiger partial charge in [-0.05, 0) is 30.7 Å². The van der Waals surface area contributed by atoms with Gasteiger partial charge in [-0.1, -0.05) is 41.9 Å². The molecule has 2 aromatic carbocycles. The van der Waals surface area contributed by atoms with Crippen molar-refractivity contribution in [3.8, 4) is 5.75 Å². The zero-order chi connectivity index (χ0) is 18.7. The fourth-order valence-corrected chi connectivity index (χ4v) is 3.12. The summed E-state index contributed by atoms with van der Waals surface area (Å²) in [6.07, 6.45) is 0. The van der Waals surface area contributed by atoms with E-state index < -0.39 is 6.04 Å². The molecule has 1 aliphatic rings. The summed E-state index contributed by atoms with van der Waals surface area (Å²) in [6.45, 7) is 1.68. The van der Waals surface area contributed by atoms with Crippen molar-refractivity contribution in [1.82, 2.24) is 10.6 Å². The zero-order valence-electron chi connectivity index (χ0n) is 14.3. The molecule has 0 radical (unpaired) electrons. The lowest BCUT2D eigenvalue weighted by atomic mass is 9.94. The molecule has 0 saturated carbocycles. The molecule has 0 aromatic heterocycles. The molecule has 2 aromatic rings. The van der Waals surface area contributed by atoms with Crippen molar-refractivity contribution >= 4 is 29.2 Å². The number of allylic oxidation sites excluding steroid dienone is 1. The van der Waals surface area contributed by atoms with Gasteiger partial charge in [-0.25, -0.2) is 4.79 Å². The third kappa shape index (κ3) is 3.50. The Morgan fingerprint density at radius 2 is 1.85 bits per heavy atom. The number of anilines is 1. The molecule has 7 heteroatoms. The Bertz CT molecular complexity index is 895. The van der Waals surface area contributed by atoms with Crippen molar-refractivity contribution in [3.05, 3.63) is 70.4 Å². The molecule has 0 aliphatic carbocycles. The standard InChI is InChI=1S/C19H18ClN3O3/c1-11-16(18(24)22-14-9-5-6-10-15(14)26-2)17(23-19(25)21-11)12-7-3-4-8-13(12)20/h3-10,17H,1-2H3,(H,22,24)(H2,21,23,25)/t17-/m0/s1. The molecule has 0 fully saturated rings. The summed E-state index contributed by atoms with van der Waals surface area (Å²) in [5, 5.41) is 8.71. The van der Waals surface area contributed by atoms with Crippen LogP contribution in [0.1, 0.15) is 18.5 Å². The van der Waals surface area contributed by atoms with Crippen molar-refractivity contribution < 1.29 is 14.3 Å². The number of benzene rings is 2. The van der Waals surface area contributed by atoms with Crippen LogP contribution in [0.2, 0.25) is 5.02 Å². The molecule has 3 N–H and O–H groups in total. The van der Waals surface area contributed by atoms with Crippen LogP contribution in [0.4, 0.5) is 10.5 Å². The van der Waals surface area contributed by atoms with Crippen molar-refractivity contribution in [1.29, 1.82) is 0 Å². The van der Waals surface area contributed by atoms with Crippen LogP contribution >= 0.6 is 11.6 Å². The molecule has 0 saturated heterocycles. The number of urea groups is 1. The van der Waals surface area contributed by atoms with Gasteiger partial charge >= 0.3 is 6.03 Å². The molecule has 134 valence electrons. The molecule has 0 bridgehead atoms. The van der Waals surface area contributed by atoms with E-state index in [1.54, 1.807) is 49.4 Å². The van der Waals surface area contributed by atoms with E-state index in [2.05, 4.69) is 16.0 Å². The van der Waals surface area contributed by atoms with E-state index in [0.717, 1.165) is 0 Å². The van der Waals surface area contributed by atoms with E-state index in [1.807, 2.05) is 6.07 Å². The molecule has 1 atom stereocenters. The van der Waals surface area contributed by atoms with Crippen LogP contribution in [0.3, 0.4) is 0 Å². The van der Waals surface area contributed by atoms with Gasteiger partial charge in [0.1, 0.15) is 5.75 Å². The second-order valence-electron chi connectivity index (χ2n) is 5.75. The summed E-state index contributed by atoms with van der Waals surface area (Å²) in [4.78, 5) is 24.9. The number of hydrogen-bond donors (Lipinski definition) is 3. The number of ether oxygens (including phenoxy) is 1. The minimum Gasteiger partial charge on any atom is -0.495 e. The van der Waals surface area contributed by atoms with E-state index in [-0.39, 0.29) is 11.9 Å². The van der Waals surface area contributed by atoms with Crippen LogP contribution in [0.5, 0.6) is 5.75 Å². The van der Waals surface area contributed by atoms with Gasteiger partial charge in [-0.15, -0.1) is 0 Å². The fraction of sp³-hybridized carbons (Fsp3) is 0.158. The Balaban J connectivity index is 1.99. The maximum Gasteiger partial charge on any atom is 0.319 e. The Kier molecular flexibility index (Phi) is 5.14. The van der Waals surface area contributed by atoms with Crippen molar-refractivity contribution in [3.63, 3.8) is 0 Å². The van der Waals surface area contributed by atoms with E-state index in [4.69, 9.17) is 16.3 Å². The summed E-state index contributed by atoms with van der Waals surface area (Å²) in [7, 11) is 1.53. The Hall–Kier alpha value is -2.99. The predicted octanol–water partition coefficient (Wildman–Crippen LogP) is 3.62. The third-order valence-corrected chi connectivity index (χ3v) is 4.43. The molecule has 3 amide bonds. The number of carbonyl (C=O) groups is 2. The van der Waals surface area contributed by atoms with Crippen molar-refractivity contribution in [2.24, 2.45) is 0 Å². The number of hydrogen-bond acceptors (Lipinski definition) is 3. The number of amides is 3. The van der Waals surface area contributed by atoms with Gasteiger partial charge in [0.25, 0.3) is 5.91 Å². The van der Waals surface area contributed by atoms with E-state index in [1.165, 1.54) is 7.11 Å². The van der Waals surface area contributed by atoms with Crippen LogP contribution < -0.4 is 20.7 Å². The first-order valence-electron chi connectivity index (χ1n) is 7.98. The number of halogens is 1. The third-order valence-electron chi connectivity index (χ3n) is 4.09. The summed E-state index contributed by atoms with van der Waals surface area (Å²) in [5.41, 5.74) is 2.03. The quantitative estimate of drug-likeness (QED) is 0.768. The van der Waals surface area contributed by atoms with Crippen LogP contribution in [0.25, 0.3) is 0 Å². The first-order valence-corrected chi connectivity index (χ1v) is 8.36. The second kappa shape index (κ2) is 7.49. The van der Waals surface area contributed by atoms with Gasteiger partial charge < -0.3 is 20.7 Å². The van der Waals surface area contributed by atoms with Gasteiger partial charge in [-0.3, -0.25) is 4.79 Å². The van der Waals surface area contributed by atoms with Gasteiger partial charge in [0.15, 0.2) is 0 Å².